The van der Waals surface area contributed by atoms with Crippen LogP contribution in [-0.2, 0) is 20.8 Å². The van der Waals surface area contributed by atoms with Crippen molar-refractivity contribution >= 4 is 32.4 Å². The average molecular weight is 408 g/mol. The molecule has 1 aliphatic carbocycles. The third-order valence-electron chi connectivity index (χ3n) is 5.21. The molecule has 0 amide bonds. The van der Waals surface area contributed by atoms with Crippen LogP contribution >= 0.6 is 24.8 Å². The van der Waals surface area contributed by atoms with Crippen LogP contribution in [0, 0.1) is 5.92 Å². The smallest absolute Gasteiger partial charge is 0.147 e. The van der Waals surface area contributed by atoms with E-state index in [0.717, 1.165) is 6.54 Å². The van der Waals surface area contributed by atoms with Gasteiger partial charge in [0.1, 0.15) is 0 Å². The molecule has 1 aliphatic rings. The molecule has 0 bridgehead atoms. The summed E-state index contributed by atoms with van der Waals surface area (Å²) in [5.74, 6) is 0.609. The number of hydrogen-bond donors (Lipinski definition) is 1. The second-order valence-electron chi connectivity index (χ2n) is 7.59. The molecule has 23 heavy (non-hydrogen) atoms. The molecule has 1 aromatic carbocycles. The van der Waals surface area contributed by atoms with Crippen LogP contribution in [0.15, 0.2) is 50.9 Å². The Bertz CT molecular complexity index is 686. The average Bonchev–Trinajstić information content (AvgIpc) is 2.62. The summed E-state index contributed by atoms with van der Waals surface area (Å²) in [6.45, 7) is 10.3. The Morgan fingerprint density at radius 2 is 1.52 bits per heavy atom. The van der Waals surface area contributed by atoms with Crippen molar-refractivity contribution in [2.75, 3.05) is 0 Å². The van der Waals surface area contributed by atoms with Crippen LogP contribution in [0.1, 0.15) is 33.3 Å². The van der Waals surface area contributed by atoms with Gasteiger partial charge < -0.3 is 0 Å². The molecule has 0 fully saturated rings. The van der Waals surface area contributed by atoms with Gasteiger partial charge in [0.2, 0.25) is 0 Å². The molecule has 0 aliphatic heterocycles. The van der Waals surface area contributed by atoms with E-state index in [2.05, 4.69) is 79.9 Å². The summed E-state index contributed by atoms with van der Waals surface area (Å²) >= 11 is -2.80. The molecule has 1 atom stereocenters. The Morgan fingerprint density at radius 1 is 1.00 bits per heavy atom. The molecule has 0 saturated heterocycles. The quantitative estimate of drug-likeness (QED) is 0.682. The van der Waals surface area contributed by atoms with E-state index in [1.807, 2.05) is 0 Å². The van der Waals surface area contributed by atoms with E-state index in [4.69, 9.17) is 0 Å². The monoisotopic (exact) mass is 407 g/mol. The minimum Gasteiger partial charge on any atom is -0.147 e. The van der Waals surface area contributed by atoms with Crippen molar-refractivity contribution in [3.63, 3.8) is 0 Å². The number of halogens is 2. The Hall–Kier alpha value is 0.171. The predicted molar refractivity (Wildman–Crippen MR) is 108 cm³/mol. The zero-order chi connectivity index (χ0) is 15.9. The van der Waals surface area contributed by atoms with E-state index < -0.39 is 14.3 Å². The number of benzene rings is 1. The van der Waals surface area contributed by atoms with Crippen LogP contribution in [-0.4, -0.2) is 7.63 Å². The van der Waals surface area contributed by atoms with Gasteiger partial charge in [0.05, 0.1) is 0 Å². The molecule has 0 saturated carbocycles. The molecule has 0 heterocycles. The Balaban J connectivity index is 0.00000242. The summed E-state index contributed by atoms with van der Waals surface area (Å²) in [5.41, 5.74) is 6.02. The van der Waals surface area contributed by atoms with Crippen LogP contribution in [0.25, 0.3) is 0 Å². The van der Waals surface area contributed by atoms with E-state index in [1.165, 1.54) is 11.1 Å². The number of rotatable bonds is 4. The maximum absolute atomic E-state index is 4.02. The Labute approximate surface area is 157 Å². The predicted octanol–water partition coefficient (Wildman–Crippen LogP) is 5.13. The number of nitrogens with one attached hydrogen (secondary N) is 1. The molecule has 0 spiro atoms. The maximum Gasteiger partial charge on any atom is -0.147 e. The van der Waals surface area contributed by atoms with Crippen molar-refractivity contribution in [2.45, 2.75) is 44.7 Å². The van der Waals surface area contributed by atoms with Gasteiger partial charge >= 0.3 is 133 Å². The molecule has 0 radical (unpaired) electrons. The topological polar surface area (TPSA) is 12.0 Å². The van der Waals surface area contributed by atoms with E-state index >= 15 is 0 Å². The van der Waals surface area contributed by atoms with E-state index in [0.29, 0.717) is 5.92 Å². The molecular weight excluding hydrogens is 377 g/mol. The maximum atomic E-state index is 4.02. The van der Waals surface area contributed by atoms with E-state index in [9.17, 15) is 0 Å². The SMILES string of the molecule is CC1=C(C)C(C)[C]([Ti]([CH3])([CH3])(=[SiH2])[NH]Cc2ccccc2)=C1C.Cl.Cl. The molecule has 130 valence electrons. The fourth-order valence-electron chi connectivity index (χ4n) is 3.74. The molecule has 1 nitrogen and oxygen atoms in total. The van der Waals surface area contributed by atoms with Crippen LogP contribution < -0.4 is 3.80 Å². The van der Waals surface area contributed by atoms with Crippen molar-refractivity contribution < 1.29 is 14.3 Å². The van der Waals surface area contributed by atoms with Gasteiger partial charge in [0, 0.05) is 0 Å². The van der Waals surface area contributed by atoms with E-state index in [1.54, 1.807) is 15.0 Å². The minimum absolute atomic E-state index is 0. The molecule has 5 heteroatoms. The zero-order valence-electron chi connectivity index (χ0n) is 15.2. The van der Waals surface area contributed by atoms with Crippen LogP contribution in [0.3, 0.4) is 0 Å². The van der Waals surface area contributed by atoms with Crippen LogP contribution in [0.4, 0.5) is 0 Å². The summed E-state index contributed by atoms with van der Waals surface area (Å²) in [6, 6.07) is 10.8. The fourth-order valence-corrected chi connectivity index (χ4v) is 12.8. The molecule has 2 rings (SSSR count). The first-order valence-electron chi connectivity index (χ1n) is 7.88. The molecule has 0 aromatic heterocycles. The van der Waals surface area contributed by atoms with Gasteiger partial charge in [-0.1, -0.05) is 0 Å². The van der Waals surface area contributed by atoms with Crippen LogP contribution in [0.5, 0.6) is 0 Å². The number of allylic oxidation sites excluding steroid dienone is 4. The summed E-state index contributed by atoms with van der Waals surface area (Å²) in [4.78, 5) is 0. The minimum atomic E-state index is -2.80. The van der Waals surface area contributed by atoms with E-state index in [-0.39, 0.29) is 24.8 Å². The van der Waals surface area contributed by atoms with Crippen molar-refractivity contribution in [2.24, 2.45) is 5.92 Å². The van der Waals surface area contributed by atoms with Crippen molar-refractivity contribution in [1.29, 1.82) is 0 Å². The summed E-state index contributed by atoms with van der Waals surface area (Å²) in [7, 11) is 2.27. The fraction of sp³-hybridized carbons (Fsp3) is 0.444. The van der Waals surface area contributed by atoms with Gasteiger partial charge in [-0.25, -0.2) is 0 Å². The summed E-state index contributed by atoms with van der Waals surface area (Å²) in [6.07, 6.45) is 0. The van der Waals surface area contributed by atoms with Crippen molar-refractivity contribution in [3.05, 3.63) is 56.5 Å². The van der Waals surface area contributed by atoms with Crippen molar-refractivity contribution in [3.8, 4) is 0 Å². The molecule has 1 unspecified atom stereocenters. The zero-order valence-corrected chi connectivity index (χ0v) is 19.8. The van der Waals surface area contributed by atoms with Gasteiger partial charge in [0.15, 0.2) is 0 Å². The second kappa shape index (κ2) is 8.03. The van der Waals surface area contributed by atoms with Gasteiger partial charge in [-0.05, 0) is 0 Å². The summed E-state index contributed by atoms with van der Waals surface area (Å²) < 4.78 is 5.75. The third kappa shape index (κ3) is 4.84. The standard InChI is InChI=1S/C9H13.C7H8N.2CH3.2ClH.H2Si.Ti/c1-6-5-7(2)9(4)8(6)3;8-6-7-4-2-1-3-5-7;;;;;;/h6H,1-4H3;1-5,8H,6H2;2*1H3;2*1H;1H2;/q;-1;;;;;;+1. The normalized spacial score (nSPS) is 18.7. The number of hydrogen-bond acceptors (Lipinski definition) is 1. The van der Waals surface area contributed by atoms with Gasteiger partial charge in [-0.3, -0.25) is 0 Å². The van der Waals surface area contributed by atoms with Gasteiger partial charge in [-0.2, -0.15) is 0 Å². The molecular formula is C18H31Cl2NSiTi. The Kier molecular flexibility index (Phi) is 8.09. The van der Waals surface area contributed by atoms with Crippen molar-refractivity contribution in [1.82, 2.24) is 3.80 Å². The third-order valence-corrected chi connectivity index (χ3v) is 13.8. The summed E-state index contributed by atoms with van der Waals surface area (Å²) in [5, 5.41) is 5.06. The first-order valence-corrected chi connectivity index (χ1v) is 16.6. The van der Waals surface area contributed by atoms with Crippen LogP contribution in [0.2, 0.25) is 10.5 Å². The van der Waals surface area contributed by atoms with Gasteiger partial charge in [0.25, 0.3) is 0 Å². The molecule has 1 aromatic rings. The largest absolute Gasteiger partial charge is 0.147 e. The Morgan fingerprint density at radius 3 is 1.96 bits per heavy atom. The second-order valence-corrected chi connectivity index (χ2v) is 26.1. The molecule has 1 N–H and O–H groups in total. The first kappa shape index (κ1) is 23.2. The van der Waals surface area contributed by atoms with Gasteiger partial charge in [-0.15, -0.1) is 24.8 Å². The first-order chi connectivity index (χ1) is 9.62.